The summed E-state index contributed by atoms with van der Waals surface area (Å²) in [4.78, 5) is 0. The topological polar surface area (TPSA) is 12.0 Å². The number of nitrogens with one attached hydrogen (secondary N) is 1. The molecule has 0 aromatic heterocycles. The fourth-order valence-electron chi connectivity index (χ4n) is 2.54. The molecular formula is C16H27N. The Labute approximate surface area is 107 Å². The average Bonchev–Trinajstić information content (AvgIpc) is 2.37. The largest absolute Gasteiger partial charge is 0.314 e. The van der Waals surface area contributed by atoms with Crippen molar-refractivity contribution in [1.29, 1.82) is 0 Å². The van der Waals surface area contributed by atoms with E-state index >= 15 is 0 Å². The average molecular weight is 233 g/mol. The number of rotatable bonds is 7. The van der Waals surface area contributed by atoms with Gasteiger partial charge < -0.3 is 5.32 Å². The number of hydrogen-bond donors (Lipinski definition) is 1. The molecule has 0 heterocycles. The second-order valence-corrected chi connectivity index (χ2v) is 5.06. The zero-order valence-corrected chi connectivity index (χ0v) is 11.7. The maximum Gasteiger partial charge on any atom is 0.0110 e. The summed E-state index contributed by atoms with van der Waals surface area (Å²) in [6.45, 7) is 10.3. The fraction of sp³-hybridized carbons (Fsp3) is 0.625. The van der Waals surface area contributed by atoms with Crippen molar-refractivity contribution in [2.75, 3.05) is 6.54 Å². The molecule has 3 atom stereocenters. The van der Waals surface area contributed by atoms with Crippen LogP contribution in [0.4, 0.5) is 0 Å². The molecule has 0 spiro atoms. The van der Waals surface area contributed by atoms with Crippen LogP contribution >= 0.6 is 0 Å². The Morgan fingerprint density at radius 2 is 1.71 bits per heavy atom. The SMILES string of the molecule is CCCNC(C)C(c1ccccc1)C(C)CC. The van der Waals surface area contributed by atoms with Crippen molar-refractivity contribution in [2.24, 2.45) is 5.92 Å². The van der Waals surface area contributed by atoms with E-state index in [1.54, 1.807) is 0 Å². The van der Waals surface area contributed by atoms with Gasteiger partial charge in [0.2, 0.25) is 0 Å². The summed E-state index contributed by atoms with van der Waals surface area (Å²) in [5, 5.41) is 3.65. The second-order valence-electron chi connectivity index (χ2n) is 5.06. The third-order valence-corrected chi connectivity index (χ3v) is 3.70. The maximum atomic E-state index is 3.65. The van der Waals surface area contributed by atoms with Gasteiger partial charge in [0.15, 0.2) is 0 Å². The number of benzene rings is 1. The Balaban J connectivity index is 2.80. The molecule has 0 saturated heterocycles. The molecule has 1 aromatic rings. The van der Waals surface area contributed by atoms with Gasteiger partial charge in [0.25, 0.3) is 0 Å². The van der Waals surface area contributed by atoms with Gasteiger partial charge in [0, 0.05) is 12.0 Å². The maximum absolute atomic E-state index is 3.65. The van der Waals surface area contributed by atoms with Gasteiger partial charge in [-0.2, -0.15) is 0 Å². The normalized spacial score (nSPS) is 16.5. The highest BCUT2D eigenvalue weighted by molar-refractivity contribution is 5.21. The van der Waals surface area contributed by atoms with Gasteiger partial charge in [-0.05, 0) is 31.4 Å². The zero-order chi connectivity index (χ0) is 12.7. The Bertz CT molecular complexity index is 294. The summed E-state index contributed by atoms with van der Waals surface area (Å²) in [6, 6.07) is 11.5. The molecule has 17 heavy (non-hydrogen) atoms. The van der Waals surface area contributed by atoms with Crippen molar-refractivity contribution in [3.63, 3.8) is 0 Å². The van der Waals surface area contributed by atoms with E-state index in [0.29, 0.717) is 12.0 Å². The van der Waals surface area contributed by atoms with E-state index in [1.807, 2.05) is 0 Å². The van der Waals surface area contributed by atoms with Gasteiger partial charge in [-0.15, -0.1) is 0 Å². The van der Waals surface area contributed by atoms with Crippen molar-refractivity contribution in [3.05, 3.63) is 35.9 Å². The molecule has 0 saturated carbocycles. The third-order valence-electron chi connectivity index (χ3n) is 3.70. The van der Waals surface area contributed by atoms with Gasteiger partial charge >= 0.3 is 0 Å². The fourth-order valence-corrected chi connectivity index (χ4v) is 2.54. The molecule has 96 valence electrons. The minimum Gasteiger partial charge on any atom is -0.314 e. The van der Waals surface area contributed by atoms with Crippen molar-refractivity contribution in [3.8, 4) is 0 Å². The van der Waals surface area contributed by atoms with Gasteiger partial charge in [-0.3, -0.25) is 0 Å². The van der Waals surface area contributed by atoms with E-state index in [2.05, 4.69) is 63.3 Å². The Morgan fingerprint density at radius 1 is 1.06 bits per heavy atom. The van der Waals surface area contributed by atoms with Gasteiger partial charge in [-0.25, -0.2) is 0 Å². The molecule has 1 N–H and O–H groups in total. The lowest BCUT2D eigenvalue weighted by atomic mass is 9.81. The Hall–Kier alpha value is -0.820. The van der Waals surface area contributed by atoms with Gasteiger partial charge in [0.1, 0.15) is 0 Å². The highest BCUT2D eigenvalue weighted by Gasteiger charge is 2.23. The van der Waals surface area contributed by atoms with Crippen LogP contribution in [0.25, 0.3) is 0 Å². The lowest BCUT2D eigenvalue weighted by molar-refractivity contribution is 0.351. The van der Waals surface area contributed by atoms with Crippen LogP contribution in [0.2, 0.25) is 0 Å². The van der Waals surface area contributed by atoms with Crippen LogP contribution in [0.15, 0.2) is 30.3 Å². The van der Waals surface area contributed by atoms with Crippen molar-refractivity contribution in [1.82, 2.24) is 5.32 Å². The third kappa shape index (κ3) is 4.16. The molecule has 0 bridgehead atoms. The van der Waals surface area contributed by atoms with E-state index in [1.165, 1.54) is 18.4 Å². The predicted octanol–water partition coefficient (Wildman–Crippen LogP) is 4.20. The molecule has 0 aliphatic rings. The monoisotopic (exact) mass is 233 g/mol. The molecule has 0 amide bonds. The second kappa shape index (κ2) is 7.50. The van der Waals surface area contributed by atoms with Crippen LogP contribution in [0.1, 0.15) is 52.0 Å². The van der Waals surface area contributed by atoms with Gasteiger partial charge in [-0.1, -0.05) is 57.5 Å². The first-order chi connectivity index (χ1) is 8.20. The van der Waals surface area contributed by atoms with Gasteiger partial charge in [0.05, 0.1) is 0 Å². The van der Waals surface area contributed by atoms with E-state index < -0.39 is 0 Å². The molecule has 1 rings (SSSR count). The molecule has 1 heteroatoms. The molecule has 1 nitrogen and oxygen atoms in total. The van der Waals surface area contributed by atoms with E-state index in [0.717, 1.165) is 12.5 Å². The van der Waals surface area contributed by atoms with E-state index in [4.69, 9.17) is 0 Å². The highest BCUT2D eigenvalue weighted by Crippen LogP contribution is 2.30. The summed E-state index contributed by atoms with van der Waals surface area (Å²) in [5.74, 6) is 1.34. The smallest absolute Gasteiger partial charge is 0.0110 e. The molecule has 3 unspecified atom stereocenters. The molecule has 0 aliphatic heterocycles. The summed E-state index contributed by atoms with van der Waals surface area (Å²) in [5.41, 5.74) is 1.47. The van der Waals surface area contributed by atoms with Crippen LogP contribution in [0.3, 0.4) is 0 Å². The number of hydrogen-bond acceptors (Lipinski definition) is 1. The minimum atomic E-state index is 0.548. The van der Waals surface area contributed by atoms with Crippen LogP contribution < -0.4 is 5.32 Å². The van der Waals surface area contributed by atoms with Crippen molar-refractivity contribution in [2.45, 2.75) is 52.5 Å². The summed E-state index contributed by atoms with van der Waals surface area (Å²) in [6.07, 6.45) is 2.43. The van der Waals surface area contributed by atoms with E-state index in [-0.39, 0.29) is 0 Å². The minimum absolute atomic E-state index is 0.548. The summed E-state index contributed by atoms with van der Waals surface area (Å²) < 4.78 is 0. The van der Waals surface area contributed by atoms with Crippen LogP contribution in [0.5, 0.6) is 0 Å². The first kappa shape index (κ1) is 14.2. The highest BCUT2D eigenvalue weighted by atomic mass is 14.9. The standard InChI is InChI=1S/C16H27N/c1-5-12-17-14(4)16(13(3)6-2)15-10-8-7-9-11-15/h7-11,13-14,16-17H,5-6,12H2,1-4H3. The summed E-state index contributed by atoms with van der Waals surface area (Å²) >= 11 is 0. The van der Waals surface area contributed by atoms with Crippen molar-refractivity contribution >= 4 is 0 Å². The lowest BCUT2D eigenvalue weighted by Gasteiger charge is -2.30. The Morgan fingerprint density at radius 3 is 2.24 bits per heavy atom. The van der Waals surface area contributed by atoms with Crippen LogP contribution in [0, 0.1) is 5.92 Å². The molecule has 0 aliphatic carbocycles. The first-order valence-electron chi connectivity index (χ1n) is 6.99. The molecule has 0 fully saturated rings. The van der Waals surface area contributed by atoms with Crippen LogP contribution in [-0.4, -0.2) is 12.6 Å². The molecule has 0 radical (unpaired) electrons. The molecule has 1 aromatic carbocycles. The lowest BCUT2D eigenvalue weighted by Crippen LogP contribution is -2.35. The summed E-state index contributed by atoms with van der Waals surface area (Å²) in [7, 11) is 0. The first-order valence-corrected chi connectivity index (χ1v) is 6.99. The predicted molar refractivity (Wildman–Crippen MR) is 76.4 cm³/mol. The zero-order valence-electron chi connectivity index (χ0n) is 11.7. The Kier molecular flexibility index (Phi) is 6.28. The van der Waals surface area contributed by atoms with Crippen molar-refractivity contribution < 1.29 is 0 Å². The molecular weight excluding hydrogens is 206 g/mol. The quantitative estimate of drug-likeness (QED) is 0.744. The van der Waals surface area contributed by atoms with Crippen LogP contribution in [-0.2, 0) is 0 Å². The van der Waals surface area contributed by atoms with E-state index in [9.17, 15) is 0 Å².